The fourth-order valence-electron chi connectivity index (χ4n) is 2.68. The number of carbonyl (C=O) groups excluding carboxylic acids is 2. The average Bonchev–Trinajstić information content (AvgIpc) is 2.74. The molecule has 0 unspecified atom stereocenters. The van der Waals surface area contributed by atoms with Gasteiger partial charge in [0.05, 0.1) is 12.5 Å². The molecule has 0 aliphatic heterocycles. The summed E-state index contributed by atoms with van der Waals surface area (Å²) < 4.78 is 0. The van der Waals surface area contributed by atoms with Crippen LogP contribution in [0.4, 0.5) is 11.9 Å². The maximum atomic E-state index is 12.6. The largest absolute Gasteiger partial charge is 0.342 e. The number of unbranched alkanes of at least 4 members (excludes halogenated alkanes) is 2. The van der Waals surface area contributed by atoms with Crippen molar-refractivity contribution in [1.29, 1.82) is 0 Å². The van der Waals surface area contributed by atoms with Crippen molar-refractivity contribution in [2.75, 3.05) is 51.1 Å². The molecule has 0 bridgehead atoms. The zero-order valence-corrected chi connectivity index (χ0v) is 18.8. The number of rotatable bonds is 15. The molecule has 2 amide bonds. The third kappa shape index (κ3) is 9.31. The van der Waals surface area contributed by atoms with Gasteiger partial charge in [-0.3, -0.25) is 25.6 Å². The molecule has 11 heteroatoms. The van der Waals surface area contributed by atoms with E-state index in [0.29, 0.717) is 36.1 Å². The van der Waals surface area contributed by atoms with E-state index in [1.54, 1.807) is 0 Å². The first kappa shape index (κ1) is 25.5. The molecule has 0 spiro atoms. The van der Waals surface area contributed by atoms with Crippen LogP contribution in [0.2, 0.25) is 0 Å². The minimum absolute atomic E-state index is 0.0728. The fraction of sp³-hybridized carbons (Fsp3) is 0.737. The Morgan fingerprint density at radius 1 is 1.13 bits per heavy atom. The standard InChI is InChI=1S/C19H36N8O3/c1-6-8-9-10-15(13-27(30)14-28)17(29)23-24-18-20-16(7-2)21-19(22-18)26(5)12-11-25(3)4/h14-15,30H,6-13H2,1-5H3,(H,23,29)(H,20,21,22,24)/t15-/m1/s1. The average molecular weight is 425 g/mol. The molecule has 1 heterocycles. The number of anilines is 2. The van der Waals surface area contributed by atoms with E-state index in [9.17, 15) is 14.8 Å². The second-order valence-corrected chi connectivity index (χ2v) is 7.49. The van der Waals surface area contributed by atoms with Crippen molar-refractivity contribution in [3.05, 3.63) is 5.82 Å². The summed E-state index contributed by atoms with van der Waals surface area (Å²) in [4.78, 5) is 40.5. The van der Waals surface area contributed by atoms with Crippen LogP contribution < -0.4 is 15.8 Å². The summed E-state index contributed by atoms with van der Waals surface area (Å²) in [6.07, 6.45) is 4.29. The molecule has 0 aliphatic carbocycles. The van der Waals surface area contributed by atoms with Gasteiger partial charge < -0.3 is 9.80 Å². The van der Waals surface area contributed by atoms with Crippen LogP contribution in [0.3, 0.4) is 0 Å². The number of carbonyl (C=O) groups is 2. The third-order valence-corrected chi connectivity index (χ3v) is 4.56. The number of hydrazine groups is 1. The number of nitrogens with one attached hydrogen (secondary N) is 2. The highest BCUT2D eigenvalue weighted by Gasteiger charge is 2.21. The van der Waals surface area contributed by atoms with Crippen molar-refractivity contribution >= 4 is 24.2 Å². The van der Waals surface area contributed by atoms with E-state index in [4.69, 9.17) is 0 Å². The van der Waals surface area contributed by atoms with Gasteiger partial charge in [-0.15, -0.1) is 0 Å². The molecule has 0 saturated heterocycles. The van der Waals surface area contributed by atoms with Crippen LogP contribution in [0.15, 0.2) is 0 Å². The molecule has 11 nitrogen and oxygen atoms in total. The van der Waals surface area contributed by atoms with Gasteiger partial charge in [0.15, 0.2) is 0 Å². The molecule has 0 aromatic carbocycles. The number of hydroxylamine groups is 2. The molecular formula is C19H36N8O3. The minimum Gasteiger partial charge on any atom is -0.342 e. The Morgan fingerprint density at radius 3 is 2.47 bits per heavy atom. The Labute approximate surface area is 178 Å². The van der Waals surface area contributed by atoms with Gasteiger partial charge in [0.1, 0.15) is 5.82 Å². The van der Waals surface area contributed by atoms with Gasteiger partial charge in [-0.05, 0) is 20.5 Å². The van der Waals surface area contributed by atoms with Crippen molar-refractivity contribution in [2.24, 2.45) is 5.92 Å². The van der Waals surface area contributed by atoms with Crippen molar-refractivity contribution in [3.63, 3.8) is 0 Å². The van der Waals surface area contributed by atoms with E-state index in [2.05, 4.69) is 37.6 Å². The van der Waals surface area contributed by atoms with Crippen molar-refractivity contribution in [2.45, 2.75) is 46.0 Å². The molecule has 1 atom stereocenters. The summed E-state index contributed by atoms with van der Waals surface area (Å²) in [6.45, 7) is 5.52. The van der Waals surface area contributed by atoms with E-state index in [1.165, 1.54) is 0 Å². The van der Waals surface area contributed by atoms with Gasteiger partial charge in [-0.1, -0.05) is 33.1 Å². The van der Waals surface area contributed by atoms with E-state index >= 15 is 0 Å². The van der Waals surface area contributed by atoms with Crippen LogP contribution in [-0.2, 0) is 16.0 Å². The van der Waals surface area contributed by atoms with E-state index < -0.39 is 5.92 Å². The number of aryl methyl sites for hydroxylation is 1. The van der Waals surface area contributed by atoms with Gasteiger partial charge in [-0.2, -0.15) is 15.0 Å². The predicted molar refractivity (Wildman–Crippen MR) is 115 cm³/mol. The summed E-state index contributed by atoms with van der Waals surface area (Å²) in [5.74, 6) is 0.477. The lowest BCUT2D eigenvalue weighted by Gasteiger charge is -2.21. The van der Waals surface area contributed by atoms with Gasteiger partial charge >= 0.3 is 0 Å². The highest BCUT2D eigenvalue weighted by atomic mass is 16.5. The molecule has 0 radical (unpaired) electrons. The number of hydrogen-bond donors (Lipinski definition) is 3. The van der Waals surface area contributed by atoms with Crippen LogP contribution in [0.5, 0.6) is 0 Å². The lowest BCUT2D eigenvalue weighted by molar-refractivity contribution is -0.154. The lowest BCUT2D eigenvalue weighted by Crippen LogP contribution is -2.40. The molecule has 1 rings (SSSR count). The summed E-state index contributed by atoms with van der Waals surface area (Å²) in [5, 5.41) is 9.99. The Morgan fingerprint density at radius 2 is 1.87 bits per heavy atom. The van der Waals surface area contributed by atoms with E-state index in [1.807, 2.05) is 33.0 Å². The first-order valence-electron chi connectivity index (χ1n) is 10.4. The molecule has 0 saturated carbocycles. The van der Waals surface area contributed by atoms with E-state index in [0.717, 1.165) is 32.4 Å². The molecule has 30 heavy (non-hydrogen) atoms. The van der Waals surface area contributed by atoms with Crippen molar-refractivity contribution in [3.8, 4) is 0 Å². The van der Waals surface area contributed by atoms with Gasteiger partial charge in [0.25, 0.3) is 0 Å². The summed E-state index contributed by atoms with van der Waals surface area (Å²) in [5.41, 5.74) is 5.36. The zero-order chi connectivity index (χ0) is 22.5. The Bertz CT molecular complexity index is 659. The number of nitrogens with zero attached hydrogens (tertiary/aromatic N) is 6. The minimum atomic E-state index is -0.547. The molecule has 1 aromatic heterocycles. The summed E-state index contributed by atoms with van der Waals surface area (Å²) in [7, 11) is 5.90. The summed E-state index contributed by atoms with van der Waals surface area (Å²) in [6, 6.07) is 0. The second kappa shape index (κ2) is 13.6. The molecule has 0 aliphatic rings. The van der Waals surface area contributed by atoms with Gasteiger partial charge in [0.2, 0.25) is 24.2 Å². The predicted octanol–water partition coefficient (Wildman–Crippen LogP) is 0.919. The van der Waals surface area contributed by atoms with Crippen LogP contribution in [0.25, 0.3) is 0 Å². The van der Waals surface area contributed by atoms with Gasteiger partial charge in [-0.25, -0.2) is 5.06 Å². The maximum Gasteiger partial charge on any atom is 0.246 e. The number of hydrogen-bond acceptors (Lipinski definition) is 9. The number of amides is 2. The highest BCUT2D eigenvalue weighted by Crippen LogP contribution is 2.13. The number of likely N-dealkylation sites (N-methyl/N-ethyl adjacent to an activating group) is 2. The molecule has 3 N–H and O–H groups in total. The normalized spacial score (nSPS) is 11.8. The second-order valence-electron chi connectivity index (χ2n) is 7.49. The topological polar surface area (TPSA) is 127 Å². The first-order valence-corrected chi connectivity index (χ1v) is 10.4. The smallest absolute Gasteiger partial charge is 0.246 e. The molecule has 170 valence electrons. The molecular weight excluding hydrogens is 388 g/mol. The highest BCUT2D eigenvalue weighted by molar-refractivity contribution is 5.80. The van der Waals surface area contributed by atoms with E-state index in [-0.39, 0.29) is 18.4 Å². The molecule has 1 aromatic rings. The Balaban J connectivity index is 2.82. The SMILES string of the molecule is CCCCC[C@H](CN(O)C=O)C(=O)NNc1nc(CC)nc(N(C)CCN(C)C)n1. The van der Waals surface area contributed by atoms with Crippen LogP contribution in [-0.4, -0.2) is 83.2 Å². The Kier molecular flexibility index (Phi) is 11.6. The van der Waals surface area contributed by atoms with Crippen molar-refractivity contribution < 1.29 is 14.8 Å². The third-order valence-electron chi connectivity index (χ3n) is 4.56. The number of aromatic nitrogens is 3. The Hall–Kier alpha value is -2.53. The van der Waals surface area contributed by atoms with Crippen molar-refractivity contribution in [1.82, 2.24) is 30.3 Å². The summed E-state index contributed by atoms with van der Waals surface area (Å²) >= 11 is 0. The maximum absolute atomic E-state index is 12.6. The van der Waals surface area contributed by atoms with Crippen LogP contribution >= 0.6 is 0 Å². The van der Waals surface area contributed by atoms with Gasteiger partial charge in [0, 0.05) is 26.6 Å². The monoisotopic (exact) mass is 424 g/mol. The fourth-order valence-corrected chi connectivity index (χ4v) is 2.68. The molecule has 0 fully saturated rings. The quantitative estimate of drug-likeness (QED) is 0.163. The lowest BCUT2D eigenvalue weighted by atomic mass is 10.0. The first-order chi connectivity index (χ1) is 14.3. The van der Waals surface area contributed by atoms with Crippen LogP contribution in [0.1, 0.15) is 45.4 Å². The zero-order valence-electron chi connectivity index (χ0n) is 18.8. The van der Waals surface area contributed by atoms with Crippen LogP contribution in [0, 0.1) is 5.92 Å².